The lowest BCUT2D eigenvalue weighted by Gasteiger charge is -2.45. The third-order valence-electron chi connectivity index (χ3n) is 8.13. The van der Waals surface area contributed by atoms with Crippen LogP contribution >= 0.6 is 0 Å². The SMILES string of the molecule is COc1c(CN2CC3(CC(N4CCC(C(=O)O)CC4)=NO3)C2)cc(C2CC2)c(-c2ccc(F)cc2)c1F. The maximum atomic E-state index is 15.8. The summed E-state index contributed by atoms with van der Waals surface area (Å²) in [6, 6.07) is 8.02. The zero-order valence-electron chi connectivity index (χ0n) is 20.9. The van der Waals surface area contributed by atoms with Crippen molar-refractivity contribution in [3.05, 3.63) is 53.1 Å². The van der Waals surface area contributed by atoms with E-state index in [4.69, 9.17) is 9.57 Å². The first-order valence-corrected chi connectivity index (χ1v) is 13.0. The number of oxime groups is 1. The monoisotopic (exact) mass is 511 g/mol. The van der Waals surface area contributed by atoms with Crippen LogP contribution in [0.15, 0.2) is 35.5 Å². The molecule has 3 heterocycles. The number of carboxylic acid groups (broad SMARTS) is 1. The van der Waals surface area contributed by atoms with Crippen LogP contribution in [-0.2, 0) is 16.2 Å². The quantitative estimate of drug-likeness (QED) is 0.611. The van der Waals surface area contributed by atoms with Gasteiger partial charge in [0.2, 0.25) is 0 Å². The number of likely N-dealkylation sites (tertiary alicyclic amines) is 2. The zero-order chi connectivity index (χ0) is 25.7. The molecular formula is C28H31F2N3O4. The maximum Gasteiger partial charge on any atom is 0.306 e. The van der Waals surface area contributed by atoms with Gasteiger partial charge in [0.05, 0.1) is 19.4 Å². The van der Waals surface area contributed by atoms with E-state index < -0.39 is 11.8 Å². The van der Waals surface area contributed by atoms with E-state index in [1.54, 1.807) is 12.1 Å². The van der Waals surface area contributed by atoms with Crippen molar-refractivity contribution in [1.29, 1.82) is 0 Å². The van der Waals surface area contributed by atoms with Gasteiger partial charge >= 0.3 is 5.97 Å². The Hall–Kier alpha value is -3.20. The molecule has 1 aliphatic carbocycles. The van der Waals surface area contributed by atoms with E-state index in [9.17, 15) is 14.3 Å². The molecule has 0 aromatic heterocycles. The lowest BCUT2D eigenvalue weighted by Crippen LogP contribution is -2.61. The van der Waals surface area contributed by atoms with E-state index in [0.717, 1.165) is 29.8 Å². The summed E-state index contributed by atoms with van der Waals surface area (Å²) in [5.41, 5.74) is 2.55. The highest BCUT2D eigenvalue weighted by Gasteiger charge is 2.51. The highest BCUT2D eigenvalue weighted by Crippen LogP contribution is 2.48. The van der Waals surface area contributed by atoms with Crippen LogP contribution in [0.1, 0.15) is 49.1 Å². The van der Waals surface area contributed by atoms with Crippen LogP contribution in [0.5, 0.6) is 5.75 Å². The number of rotatable bonds is 6. The number of ether oxygens (including phenoxy) is 1. The Balaban J connectivity index is 1.14. The van der Waals surface area contributed by atoms with E-state index in [-0.39, 0.29) is 23.1 Å². The first-order valence-electron chi connectivity index (χ1n) is 13.0. The van der Waals surface area contributed by atoms with E-state index in [1.165, 1.54) is 19.2 Å². The molecule has 4 aliphatic rings. The molecule has 37 heavy (non-hydrogen) atoms. The van der Waals surface area contributed by atoms with Crippen LogP contribution in [0.25, 0.3) is 11.1 Å². The van der Waals surface area contributed by atoms with Gasteiger partial charge < -0.3 is 19.6 Å². The molecule has 1 spiro atoms. The molecule has 7 nitrogen and oxygen atoms in total. The number of piperidine rings is 1. The summed E-state index contributed by atoms with van der Waals surface area (Å²) in [5.74, 6) is -0.312. The van der Waals surface area contributed by atoms with Gasteiger partial charge in [0.1, 0.15) is 11.7 Å². The molecule has 3 fully saturated rings. The Bertz CT molecular complexity index is 1230. The van der Waals surface area contributed by atoms with Crippen LogP contribution in [0.2, 0.25) is 0 Å². The number of aliphatic carboxylic acids is 1. The predicted octanol–water partition coefficient (Wildman–Crippen LogP) is 4.60. The van der Waals surface area contributed by atoms with Crippen LogP contribution in [0.3, 0.4) is 0 Å². The molecule has 2 aromatic carbocycles. The Morgan fingerprint density at radius 2 is 1.86 bits per heavy atom. The summed E-state index contributed by atoms with van der Waals surface area (Å²) < 4.78 is 34.9. The van der Waals surface area contributed by atoms with Crippen molar-refractivity contribution >= 4 is 11.8 Å². The first-order chi connectivity index (χ1) is 17.9. The molecular weight excluding hydrogens is 480 g/mol. The second-order valence-electron chi connectivity index (χ2n) is 10.8. The van der Waals surface area contributed by atoms with Gasteiger partial charge in [-0.05, 0) is 60.9 Å². The molecule has 0 unspecified atom stereocenters. The zero-order valence-corrected chi connectivity index (χ0v) is 20.9. The van der Waals surface area contributed by atoms with Crippen molar-refractivity contribution in [2.45, 2.75) is 50.2 Å². The standard InChI is InChI=1S/C28H31F2N3O4/c1-36-26-20(12-22(17-2-3-17)24(25(26)30)18-4-6-21(29)7-5-18)14-32-15-28(16-32)13-23(31-37-28)33-10-8-19(9-11-33)27(34)35/h4-7,12,17,19H,2-3,8-11,13-16H2,1H3,(H,34,35). The summed E-state index contributed by atoms with van der Waals surface area (Å²) >= 11 is 0. The van der Waals surface area contributed by atoms with Gasteiger partial charge in [-0.3, -0.25) is 9.69 Å². The second-order valence-corrected chi connectivity index (χ2v) is 10.8. The van der Waals surface area contributed by atoms with E-state index in [0.29, 0.717) is 69.0 Å². The molecule has 0 atom stereocenters. The van der Waals surface area contributed by atoms with Crippen molar-refractivity contribution in [2.24, 2.45) is 11.1 Å². The Morgan fingerprint density at radius 1 is 1.16 bits per heavy atom. The van der Waals surface area contributed by atoms with Gasteiger partial charge in [0.25, 0.3) is 0 Å². The van der Waals surface area contributed by atoms with E-state index >= 15 is 4.39 Å². The Labute approximate surface area is 214 Å². The fourth-order valence-corrected chi connectivity index (χ4v) is 6.02. The molecule has 1 saturated carbocycles. The van der Waals surface area contributed by atoms with Crippen LogP contribution in [-0.4, -0.2) is 65.6 Å². The van der Waals surface area contributed by atoms with Gasteiger partial charge in [-0.25, -0.2) is 8.78 Å². The van der Waals surface area contributed by atoms with Gasteiger partial charge in [-0.2, -0.15) is 0 Å². The number of carbonyl (C=O) groups is 1. The molecule has 0 radical (unpaired) electrons. The fraction of sp³-hybridized carbons (Fsp3) is 0.500. The molecule has 1 N–H and O–H groups in total. The molecule has 0 amide bonds. The highest BCUT2D eigenvalue weighted by atomic mass is 19.1. The lowest BCUT2D eigenvalue weighted by atomic mass is 9.88. The minimum absolute atomic E-state index is 0.232. The minimum Gasteiger partial charge on any atom is -0.493 e. The molecule has 2 saturated heterocycles. The number of hydrogen-bond acceptors (Lipinski definition) is 6. The van der Waals surface area contributed by atoms with Crippen LogP contribution in [0, 0.1) is 17.6 Å². The lowest BCUT2D eigenvalue weighted by molar-refractivity contribution is -0.143. The smallest absolute Gasteiger partial charge is 0.306 e. The first kappa shape index (κ1) is 24.2. The van der Waals surface area contributed by atoms with Crippen LogP contribution < -0.4 is 4.74 Å². The number of amidine groups is 1. The molecule has 196 valence electrons. The van der Waals surface area contributed by atoms with Gasteiger partial charge in [0, 0.05) is 43.9 Å². The number of nitrogens with zero attached hydrogens (tertiary/aromatic N) is 3. The molecule has 3 aliphatic heterocycles. The van der Waals surface area contributed by atoms with E-state index in [1.807, 2.05) is 0 Å². The van der Waals surface area contributed by atoms with Crippen molar-refractivity contribution in [3.63, 3.8) is 0 Å². The van der Waals surface area contributed by atoms with Gasteiger partial charge in [-0.15, -0.1) is 0 Å². The summed E-state index contributed by atoms with van der Waals surface area (Å²) in [6.45, 7) is 3.25. The number of methoxy groups -OCH3 is 1. The Morgan fingerprint density at radius 3 is 2.49 bits per heavy atom. The van der Waals surface area contributed by atoms with Gasteiger partial charge in [-0.1, -0.05) is 17.3 Å². The largest absolute Gasteiger partial charge is 0.493 e. The topological polar surface area (TPSA) is 74.6 Å². The van der Waals surface area contributed by atoms with Crippen LogP contribution in [0.4, 0.5) is 8.78 Å². The maximum absolute atomic E-state index is 15.8. The number of carboxylic acids is 1. The molecule has 9 heteroatoms. The van der Waals surface area contributed by atoms with Crippen molar-refractivity contribution in [1.82, 2.24) is 9.80 Å². The molecule has 0 bridgehead atoms. The number of halogens is 2. The minimum atomic E-state index is -0.724. The summed E-state index contributed by atoms with van der Waals surface area (Å²) in [6.07, 6.45) is 3.98. The summed E-state index contributed by atoms with van der Waals surface area (Å²) in [5, 5.41) is 13.6. The van der Waals surface area contributed by atoms with Crippen molar-refractivity contribution in [2.75, 3.05) is 33.3 Å². The third kappa shape index (κ3) is 4.54. The predicted molar refractivity (Wildman–Crippen MR) is 133 cm³/mol. The van der Waals surface area contributed by atoms with E-state index in [2.05, 4.69) is 21.0 Å². The van der Waals surface area contributed by atoms with Crippen molar-refractivity contribution < 1.29 is 28.3 Å². The average Bonchev–Trinajstić information content (AvgIpc) is 3.63. The average molecular weight is 512 g/mol. The van der Waals surface area contributed by atoms with Crippen molar-refractivity contribution in [3.8, 4) is 16.9 Å². The normalized spacial score (nSPS) is 21.5. The number of benzene rings is 2. The molecule has 6 rings (SSSR count). The number of hydrogen-bond donors (Lipinski definition) is 1. The third-order valence-corrected chi connectivity index (χ3v) is 8.13. The Kier molecular flexibility index (Phi) is 6.06. The highest BCUT2D eigenvalue weighted by molar-refractivity contribution is 5.84. The summed E-state index contributed by atoms with van der Waals surface area (Å²) in [7, 11) is 1.48. The van der Waals surface area contributed by atoms with Gasteiger partial charge in [0.15, 0.2) is 17.2 Å². The molecule has 2 aromatic rings. The summed E-state index contributed by atoms with van der Waals surface area (Å²) in [4.78, 5) is 21.5. The second kappa shape index (κ2) is 9.28. The fourth-order valence-electron chi connectivity index (χ4n) is 6.02.